The van der Waals surface area contributed by atoms with Crippen LogP contribution in [0.4, 0.5) is 0 Å². The van der Waals surface area contributed by atoms with E-state index in [2.05, 4.69) is 20.9 Å². The Kier molecular flexibility index (Phi) is 16.9. The molecule has 13 heteroatoms. The van der Waals surface area contributed by atoms with Crippen LogP contribution in [0.25, 0.3) is 0 Å². The highest BCUT2D eigenvalue weighted by atomic mass is 16.4. The molecule has 0 heterocycles. The number of guanidine groups is 1. The molecule has 37 heavy (non-hydrogen) atoms. The third kappa shape index (κ3) is 13.3. The minimum atomic E-state index is -1.17. The molecule has 0 aromatic carbocycles. The van der Waals surface area contributed by atoms with Gasteiger partial charge in [-0.25, -0.2) is 4.79 Å². The van der Waals surface area contributed by atoms with Gasteiger partial charge >= 0.3 is 5.97 Å². The topological polar surface area (TPSA) is 241 Å². The summed E-state index contributed by atoms with van der Waals surface area (Å²) in [5.74, 6) is -3.36. The zero-order valence-electron chi connectivity index (χ0n) is 22.7. The van der Waals surface area contributed by atoms with E-state index in [4.69, 9.17) is 22.9 Å². The van der Waals surface area contributed by atoms with Crippen molar-refractivity contribution in [1.82, 2.24) is 16.0 Å². The van der Waals surface area contributed by atoms with E-state index in [1.54, 1.807) is 6.92 Å². The van der Waals surface area contributed by atoms with Gasteiger partial charge in [0.15, 0.2) is 5.96 Å². The Labute approximate surface area is 219 Å². The molecule has 0 bridgehead atoms. The van der Waals surface area contributed by atoms with E-state index in [0.29, 0.717) is 45.1 Å². The maximum absolute atomic E-state index is 13.2. The Morgan fingerprint density at radius 2 is 1.32 bits per heavy atom. The normalized spacial score (nSPS) is 15.8. The first-order valence-corrected chi connectivity index (χ1v) is 13.0. The predicted molar refractivity (Wildman–Crippen MR) is 143 cm³/mol. The minimum Gasteiger partial charge on any atom is -0.480 e. The number of carboxylic acids is 1. The van der Waals surface area contributed by atoms with E-state index in [9.17, 15) is 24.3 Å². The van der Waals surface area contributed by atoms with Gasteiger partial charge in [-0.05, 0) is 50.5 Å². The van der Waals surface area contributed by atoms with E-state index in [1.807, 2.05) is 20.8 Å². The van der Waals surface area contributed by atoms with Crippen molar-refractivity contribution in [2.45, 2.75) is 96.8 Å². The highest BCUT2D eigenvalue weighted by Crippen LogP contribution is 2.11. The van der Waals surface area contributed by atoms with Crippen molar-refractivity contribution < 1.29 is 24.3 Å². The smallest absolute Gasteiger partial charge is 0.326 e. The van der Waals surface area contributed by atoms with Gasteiger partial charge in [0.05, 0.1) is 6.04 Å². The van der Waals surface area contributed by atoms with Crippen molar-refractivity contribution in [2.24, 2.45) is 39.8 Å². The number of carboxylic acid groups (broad SMARTS) is 1. The molecule has 0 spiro atoms. The average Bonchev–Trinajstić information content (AvgIpc) is 2.86. The lowest BCUT2D eigenvalue weighted by molar-refractivity contribution is -0.144. The molecular formula is C24H48N8O5. The number of nitrogens with zero attached hydrogens (tertiary/aromatic N) is 1. The largest absolute Gasteiger partial charge is 0.480 e. The molecule has 0 aromatic heterocycles. The third-order valence-corrected chi connectivity index (χ3v) is 6.49. The number of nitrogens with two attached hydrogens (primary N) is 4. The second-order valence-electron chi connectivity index (χ2n) is 9.48. The fraction of sp³-hybridized carbons (Fsp3) is 0.792. The minimum absolute atomic E-state index is 0.0877. The Morgan fingerprint density at radius 1 is 0.811 bits per heavy atom. The van der Waals surface area contributed by atoms with Crippen LogP contribution in [0.5, 0.6) is 0 Å². The average molecular weight is 529 g/mol. The number of carbonyl (C=O) groups excluding carboxylic acids is 3. The first kappa shape index (κ1) is 34.1. The second kappa shape index (κ2) is 18.3. The van der Waals surface area contributed by atoms with Crippen LogP contribution in [0.1, 0.15) is 72.6 Å². The van der Waals surface area contributed by atoms with E-state index in [0.717, 1.165) is 0 Å². The standard InChI is InChI=1S/C24H48N8O5/c1-5-14(3)18(26)22(35)31-16(10-7-8-12-25)20(33)30-17(11-9-13-29-24(27)28)21(34)32-19(23(36)37)15(4)6-2/h14-19H,5-13,25-26H2,1-4H3,(H,30,33)(H,31,35)(H,32,34)(H,36,37)(H4,27,28,29). The van der Waals surface area contributed by atoms with E-state index < -0.39 is 47.9 Å². The van der Waals surface area contributed by atoms with Gasteiger partial charge in [-0.3, -0.25) is 19.4 Å². The van der Waals surface area contributed by atoms with Crippen LogP contribution in [0.15, 0.2) is 4.99 Å². The van der Waals surface area contributed by atoms with Crippen LogP contribution in [0, 0.1) is 11.8 Å². The lowest BCUT2D eigenvalue weighted by Crippen LogP contribution is -2.58. The highest BCUT2D eigenvalue weighted by Gasteiger charge is 2.32. The molecule has 0 aromatic rings. The quantitative estimate of drug-likeness (QED) is 0.0589. The van der Waals surface area contributed by atoms with Crippen LogP contribution in [-0.4, -0.2) is 72.0 Å². The number of unbranched alkanes of at least 4 members (excludes halogenated alkanes) is 1. The van der Waals surface area contributed by atoms with Gasteiger partial charge < -0.3 is 44.0 Å². The number of rotatable bonds is 19. The zero-order valence-corrected chi connectivity index (χ0v) is 22.7. The van der Waals surface area contributed by atoms with Crippen LogP contribution in [0.2, 0.25) is 0 Å². The van der Waals surface area contributed by atoms with Gasteiger partial charge in [0.1, 0.15) is 18.1 Å². The summed E-state index contributed by atoms with van der Waals surface area (Å²) < 4.78 is 0. The summed E-state index contributed by atoms with van der Waals surface area (Å²) in [6.45, 7) is 7.95. The van der Waals surface area contributed by atoms with Gasteiger partial charge in [-0.2, -0.15) is 0 Å². The summed E-state index contributed by atoms with van der Waals surface area (Å²) in [5.41, 5.74) is 22.3. The third-order valence-electron chi connectivity index (χ3n) is 6.49. The molecule has 0 saturated heterocycles. The van der Waals surface area contributed by atoms with Gasteiger partial charge in [0.2, 0.25) is 17.7 Å². The van der Waals surface area contributed by atoms with Crippen molar-refractivity contribution in [3.63, 3.8) is 0 Å². The SMILES string of the molecule is CCC(C)C(N)C(=O)NC(CCCCN)C(=O)NC(CCCN=C(N)N)C(=O)NC(C(=O)O)C(C)CC. The molecule has 214 valence electrons. The molecule has 6 atom stereocenters. The molecule has 0 aliphatic heterocycles. The van der Waals surface area contributed by atoms with Crippen molar-refractivity contribution in [3.8, 4) is 0 Å². The Bertz CT molecular complexity index is 759. The van der Waals surface area contributed by atoms with Crippen molar-refractivity contribution in [3.05, 3.63) is 0 Å². The Hall–Kier alpha value is -2.93. The maximum atomic E-state index is 13.2. The summed E-state index contributed by atoms with van der Waals surface area (Å²) in [6, 6.07) is -3.92. The van der Waals surface area contributed by atoms with Crippen LogP contribution < -0.4 is 38.9 Å². The first-order valence-electron chi connectivity index (χ1n) is 13.0. The number of hydrogen-bond donors (Lipinski definition) is 8. The van der Waals surface area contributed by atoms with Crippen LogP contribution >= 0.6 is 0 Å². The van der Waals surface area contributed by atoms with Gasteiger partial charge in [0.25, 0.3) is 0 Å². The number of aliphatic carboxylic acids is 1. The molecule has 12 N–H and O–H groups in total. The number of amides is 3. The lowest BCUT2D eigenvalue weighted by Gasteiger charge is -2.27. The van der Waals surface area contributed by atoms with Gasteiger partial charge in [-0.15, -0.1) is 0 Å². The fourth-order valence-corrected chi connectivity index (χ4v) is 3.52. The van der Waals surface area contributed by atoms with E-state index in [-0.39, 0.29) is 30.8 Å². The van der Waals surface area contributed by atoms with E-state index in [1.165, 1.54) is 0 Å². The predicted octanol–water partition coefficient (Wildman–Crippen LogP) is -0.872. The number of hydrogen-bond acceptors (Lipinski definition) is 7. The Morgan fingerprint density at radius 3 is 1.81 bits per heavy atom. The van der Waals surface area contributed by atoms with Crippen molar-refractivity contribution in [2.75, 3.05) is 13.1 Å². The molecule has 3 amide bonds. The molecule has 0 aliphatic carbocycles. The lowest BCUT2D eigenvalue weighted by atomic mass is 9.98. The summed E-state index contributed by atoms with van der Waals surface area (Å²) in [5, 5.41) is 17.5. The van der Waals surface area contributed by atoms with Crippen molar-refractivity contribution in [1.29, 1.82) is 0 Å². The highest BCUT2D eigenvalue weighted by molar-refractivity contribution is 5.94. The van der Waals surface area contributed by atoms with Crippen molar-refractivity contribution >= 4 is 29.7 Å². The maximum Gasteiger partial charge on any atom is 0.326 e. The first-order chi connectivity index (χ1) is 17.4. The van der Waals surface area contributed by atoms with Crippen LogP contribution in [0.3, 0.4) is 0 Å². The number of aliphatic imine (C=N–C) groups is 1. The zero-order chi connectivity index (χ0) is 28.5. The van der Waals surface area contributed by atoms with Crippen LogP contribution in [-0.2, 0) is 19.2 Å². The molecule has 6 unspecified atom stereocenters. The molecule has 0 radical (unpaired) electrons. The summed E-state index contributed by atoms with van der Waals surface area (Å²) in [4.78, 5) is 54.6. The fourth-order valence-electron chi connectivity index (χ4n) is 3.52. The molecule has 0 fully saturated rings. The summed E-state index contributed by atoms with van der Waals surface area (Å²) >= 11 is 0. The number of nitrogens with one attached hydrogen (secondary N) is 3. The summed E-state index contributed by atoms with van der Waals surface area (Å²) in [6.07, 6.45) is 3.24. The molecule has 0 rings (SSSR count). The second-order valence-corrected chi connectivity index (χ2v) is 9.48. The summed E-state index contributed by atoms with van der Waals surface area (Å²) in [7, 11) is 0. The van der Waals surface area contributed by atoms with Gasteiger partial charge in [0, 0.05) is 6.54 Å². The Balaban J connectivity index is 5.72. The molecule has 0 saturated carbocycles. The monoisotopic (exact) mass is 528 g/mol. The van der Waals surface area contributed by atoms with Gasteiger partial charge in [-0.1, -0.05) is 40.5 Å². The van der Waals surface area contributed by atoms with E-state index >= 15 is 0 Å². The molecule has 13 nitrogen and oxygen atoms in total. The molecule has 0 aliphatic rings. The molecular weight excluding hydrogens is 480 g/mol. The number of carbonyl (C=O) groups is 4.